The molecule has 6 rings (SSSR count). The first-order valence-corrected chi connectivity index (χ1v) is 16.6. The maximum absolute atomic E-state index is 13.9. The maximum atomic E-state index is 13.9. The number of nitrogens with zero attached hydrogens (tertiary/aromatic N) is 2. The molecule has 0 N–H and O–H groups in total. The third-order valence-electron chi connectivity index (χ3n) is 6.04. The van der Waals surface area contributed by atoms with Crippen LogP contribution in [0.3, 0.4) is 0 Å². The summed E-state index contributed by atoms with van der Waals surface area (Å²) in [6, 6.07) is 35.0. The fourth-order valence-corrected chi connectivity index (χ4v) is 12.1. The van der Waals surface area contributed by atoms with Gasteiger partial charge in [-0.25, -0.2) is 0 Å². The normalized spacial score (nSPS) is 12.3. The average molecular weight is 640 g/mol. The number of benzene rings is 4. The first-order chi connectivity index (χ1) is 17.9. The molecule has 4 aromatic carbocycles. The Kier molecular flexibility index (Phi) is 5.97. The number of aromatic nitrogens is 2. The molecule has 0 unspecified atom stereocenters. The Morgan fingerprint density at radius 1 is 0.459 bits per heavy atom. The van der Waals surface area contributed by atoms with Crippen LogP contribution in [0.5, 0.6) is 0 Å². The molecule has 2 aromatic heterocycles. The number of fused-ring (bicyclic) bond motifs is 2. The third kappa shape index (κ3) is 4.09. The van der Waals surface area contributed by atoms with Crippen LogP contribution >= 0.6 is 0 Å². The van der Waals surface area contributed by atoms with Crippen molar-refractivity contribution in [1.82, 2.24) is 7.94 Å². The minimum absolute atomic E-state index is 0.183. The molecule has 0 saturated carbocycles. The van der Waals surface area contributed by atoms with E-state index in [0.29, 0.717) is 18.5 Å². The van der Waals surface area contributed by atoms with Crippen molar-refractivity contribution in [1.29, 1.82) is 0 Å². The molecular formula is C28H20N2O4S2Te. The average Bonchev–Trinajstić information content (AvgIpc) is 3.48. The first-order valence-electron chi connectivity index (χ1n) is 11.4. The molecule has 0 amide bonds. The summed E-state index contributed by atoms with van der Waals surface area (Å²) in [4.78, 5) is 0.366. The van der Waals surface area contributed by atoms with E-state index in [1.165, 1.54) is 7.94 Å². The second kappa shape index (κ2) is 9.19. The van der Waals surface area contributed by atoms with Gasteiger partial charge in [-0.05, 0) is 0 Å². The summed E-state index contributed by atoms with van der Waals surface area (Å²) in [5.41, 5.74) is 1.14. The van der Waals surface area contributed by atoms with Gasteiger partial charge in [0.15, 0.2) is 0 Å². The van der Waals surface area contributed by atoms with E-state index in [0.717, 1.165) is 10.8 Å². The van der Waals surface area contributed by atoms with Crippen LogP contribution in [0.1, 0.15) is 0 Å². The van der Waals surface area contributed by atoms with Crippen LogP contribution < -0.4 is 7.48 Å². The van der Waals surface area contributed by atoms with Gasteiger partial charge >= 0.3 is 226 Å². The van der Waals surface area contributed by atoms with Crippen molar-refractivity contribution in [2.24, 2.45) is 0 Å². The SMILES string of the molecule is O=S(=O)(c1ccccc1)n1c([Te]c2cc3ccccc3n2S(=O)(=O)c2ccccc2)cc2ccccc21. The van der Waals surface area contributed by atoms with Gasteiger partial charge in [0, 0.05) is 0 Å². The summed E-state index contributed by atoms with van der Waals surface area (Å²) in [5.74, 6) is 0. The second-order valence-corrected chi connectivity index (χ2v) is 14.9. The molecule has 0 saturated heterocycles. The van der Waals surface area contributed by atoms with Crippen LogP contribution in [-0.2, 0) is 20.0 Å². The summed E-state index contributed by atoms with van der Waals surface area (Å²) in [7, 11) is -7.83. The molecule has 6 nitrogen and oxygen atoms in total. The van der Waals surface area contributed by atoms with Crippen LogP contribution in [0, 0.1) is 0 Å². The zero-order valence-electron chi connectivity index (χ0n) is 19.3. The van der Waals surface area contributed by atoms with Gasteiger partial charge in [0.2, 0.25) is 0 Å². The van der Waals surface area contributed by atoms with E-state index in [4.69, 9.17) is 0 Å². The van der Waals surface area contributed by atoms with Gasteiger partial charge in [-0.3, -0.25) is 0 Å². The number of hydrogen-bond donors (Lipinski definition) is 0. The summed E-state index contributed by atoms with van der Waals surface area (Å²) in [6.07, 6.45) is 0. The minimum atomic E-state index is -3.91. The van der Waals surface area contributed by atoms with Crippen molar-refractivity contribution in [3.8, 4) is 0 Å². The van der Waals surface area contributed by atoms with E-state index in [9.17, 15) is 16.8 Å². The Balaban J connectivity index is 1.60. The zero-order chi connectivity index (χ0) is 25.6. The third-order valence-corrected chi connectivity index (χ3v) is 13.2. The Hall–Kier alpha value is -3.35. The van der Waals surface area contributed by atoms with Crippen molar-refractivity contribution in [2.75, 3.05) is 0 Å². The Bertz CT molecular complexity index is 1830. The van der Waals surface area contributed by atoms with E-state index in [2.05, 4.69) is 0 Å². The Labute approximate surface area is 225 Å². The number of hydrogen-bond acceptors (Lipinski definition) is 4. The van der Waals surface area contributed by atoms with E-state index in [-0.39, 0.29) is 9.79 Å². The Morgan fingerprint density at radius 3 is 1.22 bits per heavy atom. The molecule has 6 aromatic rings. The van der Waals surface area contributed by atoms with Crippen molar-refractivity contribution in [3.63, 3.8) is 0 Å². The molecule has 184 valence electrons. The molecule has 0 aliphatic rings. The molecule has 0 spiro atoms. The van der Waals surface area contributed by atoms with Crippen LogP contribution in [0.4, 0.5) is 0 Å². The van der Waals surface area contributed by atoms with Crippen LogP contribution in [-0.4, -0.2) is 45.7 Å². The van der Waals surface area contributed by atoms with E-state index < -0.39 is 41.0 Å². The summed E-state index contributed by atoms with van der Waals surface area (Å²) < 4.78 is 59.4. The molecule has 0 fully saturated rings. The van der Waals surface area contributed by atoms with Gasteiger partial charge in [-0.15, -0.1) is 0 Å². The first kappa shape index (κ1) is 24.0. The summed E-state index contributed by atoms with van der Waals surface area (Å²) >= 11 is -1.50. The van der Waals surface area contributed by atoms with Crippen LogP contribution in [0.25, 0.3) is 21.8 Å². The molecule has 9 heteroatoms. The van der Waals surface area contributed by atoms with E-state index in [1.807, 2.05) is 36.4 Å². The predicted octanol–water partition coefficient (Wildman–Crippen LogP) is 3.73. The van der Waals surface area contributed by atoms with Gasteiger partial charge in [-0.1, -0.05) is 0 Å². The van der Waals surface area contributed by atoms with Crippen LogP contribution in [0.15, 0.2) is 131 Å². The van der Waals surface area contributed by atoms with Gasteiger partial charge in [-0.2, -0.15) is 0 Å². The molecule has 37 heavy (non-hydrogen) atoms. The monoisotopic (exact) mass is 642 g/mol. The second-order valence-electron chi connectivity index (χ2n) is 8.35. The molecule has 2 heterocycles. The Morgan fingerprint density at radius 2 is 0.811 bits per heavy atom. The number of rotatable bonds is 6. The standard InChI is InChI=1S/C28H20N2O4S2Te/c31-35(32,23-13-3-1-4-14-23)29-25-17-9-7-11-21(25)19-27(29)37-28-20-22-12-8-10-18-26(22)30(28)36(33,34)24-15-5-2-6-16-24/h1-20H. The van der Waals surface area contributed by atoms with Crippen molar-refractivity contribution in [2.45, 2.75) is 9.79 Å². The fourth-order valence-electron chi connectivity index (χ4n) is 4.35. The molecule has 0 aliphatic heterocycles. The zero-order valence-corrected chi connectivity index (χ0v) is 23.3. The van der Waals surface area contributed by atoms with Crippen molar-refractivity contribution < 1.29 is 16.8 Å². The molecule has 0 bridgehead atoms. The topological polar surface area (TPSA) is 78.1 Å². The van der Waals surface area contributed by atoms with Crippen molar-refractivity contribution in [3.05, 3.63) is 121 Å². The fraction of sp³-hybridized carbons (Fsp3) is 0. The summed E-state index contributed by atoms with van der Waals surface area (Å²) in [5, 5.41) is 1.58. The molecule has 0 radical (unpaired) electrons. The number of para-hydroxylation sites is 2. The van der Waals surface area contributed by atoms with Gasteiger partial charge < -0.3 is 0 Å². The van der Waals surface area contributed by atoms with E-state index >= 15 is 0 Å². The quantitative estimate of drug-likeness (QED) is 0.260. The molecule has 0 atom stereocenters. The van der Waals surface area contributed by atoms with Gasteiger partial charge in [0.05, 0.1) is 0 Å². The summed E-state index contributed by atoms with van der Waals surface area (Å²) in [6.45, 7) is 0. The molecular weight excluding hydrogens is 620 g/mol. The predicted molar refractivity (Wildman–Crippen MR) is 147 cm³/mol. The van der Waals surface area contributed by atoms with Crippen LogP contribution in [0.2, 0.25) is 0 Å². The van der Waals surface area contributed by atoms with Crippen molar-refractivity contribution >= 4 is 70.3 Å². The van der Waals surface area contributed by atoms with Gasteiger partial charge in [0.25, 0.3) is 0 Å². The molecule has 0 aliphatic carbocycles. The van der Waals surface area contributed by atoms with E-state index in [1.54, 1.807) is 84.9 Å². The van der Waals surface area contributed by atoms with Gasteiger partial charge in [0.1, 0.15) is 0 Å².